The van der Waals surface area contributed by atoms with Gasteiger partial charge in [0.25, 0.3) is 0 Å². The van der Waals surface area contributed by atoms with Crippen LogP contribution in [-0.4, -0.2) is 73.6 Å². The molecule has 2 fully saturated rings. The highest BCUT2D eigenvalue weighted by Crippen LogP contribution is 2.22. The lowest BCUT2D eigenvalue weighted by Gasteiger charge is -2.35. The van der Waals surface area contributed by atoms with Crippen molar-refractivity contribution >= 4 is 21.8 Å². The van der Waals surface area contributed by atoms with Crippen LogP contribution in [-0.2, 0) is 19.6 Å². The van der Waals surface area contributed by atoms with E-state index in [2.05, 4.69) is 0 Å². The van der Waals surface area contributed by atoms with Crippen LogP contribution < -0.4 is 0 Å². The van der Waals surface area contributed by atoms with Gasteiger partial charge in [-0.2, -0.15) is 4.31 Å². The summed E-state index contributed by atoms with van der Waals surface area (Å²) >= 11 is 0. The van der Waals surface area contributed by atoms with Gasteiger partial charge in [0, 0.05) is 39.1 Å². The third kappa shape index (κ3) is 3.76. The maximum absolute atomic E-state index is 12.9. The molecule has 8 heteroatoms. The van der Waals surface area contributed by atoms with Crippen molar-refractivity contribution in [3.05, 3.63) is 29.3 Å². The van der Waals surface area contributed by atoms with Crippen molar-refractivity contribution in [1.82, 2.24) is 14.1 Å². The van der Waals surface area contributed by atoms with Crippen LogP contribution >= 0.6 is 0 Å². The second-order valence-electron chi connectivity index (χ2n) is 6.97. The second-order valence-corrected chi connectivity index (χ2v) is 8.88. The number of hydrogen-bond acceptors (Lipinski definition) is 4. The van der Waals surface area contributed by atoms with Crippen molar-refractivity contribution in [2.24, 2.45) is 0 Å². The molecule has 0 atom stereocenters. The van der Waals surface area contributed by atoms with Gasteiger partial charge in [-0.1, -0.05) is 12.1 Å². The van der Waals surface area contributed by atoms with E-state index in [1.807, 2.05) is 19.1 Å². The van der Waals surface area contributed by atoms with Crippen molar-refractivity contribution in [3.8, 4) is 0 Å². The summed E-state index contributed by atoms with van der Waals surface area (Å²) in [6, 6.07) is 5.40. The van der Waals surface area contributed by atoms with E-state index in [9.17, 15) is 18.0 Å². The number of benzene rings is 1. The van der Waals surface area contributed by atoms with Gasteiger partial charge in [-0.15, -0.1) is 0 Å². The van der Waals surface area contributed by atoms with Gasteiger partial charge in [0.2, 0.25) is 21.8 Å². The number of carbonyl (C=O) groups excluding carboxylic acids is 2. The van der Waals surface area contributed by atoms with Crippen LogP contribution in [0.4, 0.5) is 0 Å². The average molecular weight is 379 g/mol. The standard InChI is InChI=1S/C18H25N3O4S/c1-14-5-6-15(2)16(12-14)26(24,25)21-10-8-19(9-11-21)18(23)13-20-7-3-4-17(20)22/h5-6,12H,3-4,7-11,13H2,1-2H3. The van der Waals surface area contributed by atoms with Crippen LogP contribution in [0.25, 0.3) is 0 Å². The zero-order valence-corrected chi connectivity index (χ0v) is 16.1. The van der Waals surface area contributed by atoms with Crippen LogP contribution in [0.3, 0.4) is 0 Å². The van der Waals surface area contributed by atoms with Crippen LogP contribution in [0.15, 0.2) is 23.1 Å². The predicted molar refractivity (Wildman–Crippen MR) is 97.1 cm³/mol. The lowest BCUT2D eigenvalue weighted by atomic mass is 10.2. The van der Waals surface area contributed by atoms with Crippen molar-refractivity contribution in [2.75, 3.05) is 39.3 Å². The van der Waals surface area contributed by atoms with Crippen LogP contribution in [0.5, 0.6) is 0 Å². The van der Waals surface area contributed by atoms with E-state index < -0.39 is 10.0 Å². The minimum Gasteiger partial charge on any atom is -0.339 e. The number of amides is 2. The molecule has 7 nitrogen and oxygen atoms in total. The van der Waals surface area contributed by atoms with Crippen LogP contribution in [0.2, 0.25) is 0 Å². The van der Waals surface area contributed by atoms with E-state index in [1.54, 1.807) is 22.8 Å². The summed E-state index contributed by atoms with van der Waals surface area (Å²) in [5.41, 5.74) is 1.62. The minimum absolute atomic E-state index is 0.0227. The van der Waals surface area contributed by atoms with Gasteiger partial charge < -0.3 is 9.80 Å². The number of likely N-dealkylation sites (tertiary alicyclic amines) is 1. The maximum atomic E-state index is 12.9. The third-order valence-electron chi connectivity index (χ3n) is 5.05. The summed E-state index contributed by atoms with van der Waals surface area (Å²) in [5, 5.41) is 0. The summed E-state index contributed by atoms with van der Waals surface area (Å²) in [4.78, 5) is 27.6. The maximum Gasteiger partial charge on any atom is 0.243 e. The molecule has 0 radical (unpaired) electrons. The van der Waals surface area contributed by atoms with Gasteiger partial charge in [-0.25, -0.2) is 8.42 Å². The Morgan fingerprint density at radius 1 is 1.08 bits per heavy atom. The molecular formula is C18H25N3O4S. The molecule has 2 heterocycles. The Kier molecular flexibility index (Phi) is 5.34. The van der Waals surface area contributed by atoms with E-state index in [-0.39, 0.29) is 31.4 Å². The molecule has 0 aromatic heterocycles. The molecule has 26 heavy (non-hydrogen) atoms. The molecule has 3 rings (SSSR count). The Morgan fingerprint density at radius 2 is 1.77 bits per heavy atom. The predicted octanol–water partition coefficient (Wildman–Crippen LogP) is 0.759. The van der Waals surface area contributed by atoms with E-state index >= 15 is 0 Å². The Morgan fingerprint density at radius 3 is 2.38 bits per heavy atom. The summed E-state index contributed by atoms with van der Waals surface area (Å²) in [6.45, 7) is 5.64. The molecular weight excluding hydrogens is 354 g/mol. The first-order chi connectivity index (χ1) is 12.3. The van der Waals surface area contributed by atoms with Crippen molar-refractivity contribution in [2.45, 2.75) is 31.6 Å². The second kappa shape index (κ2) is 7.36. The SMILES string of the molecule is Cc1ccc(C)c(S(=O)(=O)N2CCN(C(=O)CN3CCCC3=O)CC2)c1. The first kappa shape index (κ1) is 18.8. The topological polar surface area (TPSA) is 78.0 Å². The van der Waals surface area contributed by atoms with Gasteiger partial charge in [0.05, 0.1) is 11.4 Å². The molecule has 1 aromatic rings. The summed E-state index contributed by atoms with van der Waals surface area (Å²) in [7, 11) is -3.56. The normalized spacial score (nSPS) is 19.2. The molecule has 2 aliphatic heterocycles. The van der Waals surface area contributed by atoms with Gasteiger partial charge >= 0.3 is 0 Å². The number of hydrogen-bond donors (Lipinski definition) is 0. The molecule has 0 N–H and O–H groups in total. The molecule has 0 unspecified atom stereocenters. The Balaban J connectivity index is 1.63. The van der Waals surface area contributed by atoms with Crippen LogP contribution in [0.1, 0.15) is 24.0 Å². The lowest BCUT2D eigenvalue weighted by molar-refractivity contribution is -0.139. The van der Waals surface area contributed by atoms with E-state index in [1.165, 1.54) is 4.31 Å². The van der Waals surface area contributed by atoms with Gasteiger partial charge in [0.1, 0.15) is 0 Å². The van der Waals surface area contributed by atoms with Gasteiger partial charge in [-0.05, 0) is 37.5 Å². The number of aryl methyl sites for hydroxylation is 2. The number of rotatable bonds is 4. The lowest BCUT2D eigenvalue weighted by Crippen LogP contribution is -2.52. The van der Waals surface area contributed by atoms with Gasteiger partial charge in [-0.3, -0.25) is 9.59 Å². The largest absolute Gasteiger partial charge is 0.339 e. The monoisotopic (exact) mass is 379 g/mol. The highest BCUT2D eigenvalue weighted by atomic mass is 32.2. The first-order valence-corrected chi connectivity index (χ1v) is 10.4. The smallest absolute Gasteiger partial charge is 0.243 e. The molecule has 0 bridgehead atoms. The zero-order valence-electron chi connectivity index (χ0n) is 15.3. The van der Waals surface area contributed by atoms with Crippen molar-refractivity contribution < 1.29 is 18.0 Å². The summed E-state index contributed by atoms with van der Waals surface area (Å²) < 4.78 is 27.3. The average Bonchev–Trinajstić information content (AvgIpc) is 3.02. The van der Waals surface area contributed by atoms with E-state index in [4.69, 9.17) is 0 Å². The van der Waals surface area contributed by atoms with E-state index in [0.717, 1.165) is 17.5 Å². The third-order valence-corrected chi connectivity index (χ3v) is 7.09. The van der Waals surface area contributed by atoms with Crippen LogP contribution in [0, 0.1) is 13.8 Å². The zero-order chi connectivity index (χ0) is 18.9. The molecule has 2 amide bonds. The molecule has 0 aliphatic carbocycles. The molecule has 2 saturated heterocycles. The fourth-order valence-corrected chi connectivity index (χ4v) is 5.17. The highest BCUT2D eigenvalue weighted by molar-refractivity contribution is 7.89. The summed E-state index contributed by atoms with van der Waals surface area (Å²) in [6.07, 6.45) is 1.31. The Bertz CT molecular complexity index is 814. The molecule has 142 valence electrons. The molecule has 0 spiro atoms. The number of nitrogens with zero attached hydrogens (tertiary/aromatic N) is 3. The van der Waals surface area contributed by atoms with Crippen molar-refractivity contribution in [3.63, 3.8) is 0 Å². The molecule has 2 aliphatic rings. The fraction of sp³-hybridized carbons (Fsp3) is 0.556. The van der Waals surface area contributed by atoms with E-state index in [0.29, 0.717) is 31.0 Å². The van der Waals surface area contributed by atoms with Gasteiger partial charge in [0.15, 0.2) is 0 Å². The fourth-order valence-electron chi connectivity index (χ4n) is 3.44. The first-order valence-electron chi connectivity index (χ1n) is 8.92. The Hall–Kier alpha value is -1.93. The number of carbonyl (C=O) groups is 2. The molecule has 0 saturated carbocycles. The Labute approximate surface area is 154 Å². The minimum atomic E-state index is -3.56. The molecule has 1 aromatic carbocycles. The highest BCUT2D eigenvalue weighted by Gasteiger charge is 2.32. The number of piperazine rings is 1. The summed E-state index contributed by atoms with van der Waals surface area (Å²) in [5.74, 6) is -0.0847. The number of sulfonamides is 1. The quantitative estimate of drug-likeness (QED) is 0.774. The van der Waals surface area contributed by atoms with Crippen molar-refractivity contribution in [1.29, 1.82) is 0 Å².